The first-order chi connectivity index (χ1) is 13.5. The Balaban J connectivity index is 1.74. The number of hydrogen-bond donors (Lipinski definition) is 1. The molecule has 0 amide bonds. The molecule has 1 saturated heterocycles. The van der Waals surface area contributed by atoms with Crippen molar-refractivity contribution in [1.82, 2.24) is 9.61 Å². The monoisotopic (exact) mass is 386 g/mol. The van der Waals surface area contributed by atoms with Crippen molar-refractivity contribution < 1.29 is 18.3 Å². The molecule has 28 heavy (non-hydrogen) atoms. The highest BCUT2D eigenvalue weighted by atomic mass is 19.1. The molecule has 2 atom stereocenters. The summed E-state index contributed by atoms with van der Waals surface area (Å²) in [6.45, 7) is 2.16. The van der Waals surface area contributed by atoms with Crippen molar-refractivity contribution in [3.8, 4) is 0 Å². The molecule has 2 aromatic heterocycles. The fourth-order valence-corrected chi connectivity index (χ4v) is 3.73. The highest BCUT2D eigenvalue weighted by Crippen LogP contribution is 2.38. The maximum absolute atomic E-state index is 14.3. The molecule has 8 heteroatoms. The van der Waals surface area contributed by atoms with E-state index in [1.807, 2.05) is 4.90 Å². The van der Waals surface area contributed by atoms with Gasteiger partial charge in [0.25, 0.3) is 0 Å². The van der Waals surface area contributed by atoms with E-state index < -0.39 is 18.0 Å². The Bertz CT molecular complexity index is 1020. The molecule has 146 valence electrons. The molecular formula is C20H20F2N4O2. The Labute approximate surface area is 160 Å². The molecule has 0 unspecified atom stereocenters. The number of nitrogen functional groups attached to an aromatic ring is 1. The number of carbonyl (C=O) groups is 1. The second-order valence-corrected chi connectivity index (χ2v) is 6.81. The average Bonchev–Trinajstić information content (AvgIpc) is 3.24. The molecule has 0 bridgehead atoms. The van der Waals surface area contributed by atoms with Gasteiger partial charge in [-0.3, -0.25) is 0 Å². The van der Waals surface area contributed by atoms with Crippen molar-refractivity contribution in [3.63, 3.8) is 0 Å². The standard InChI is InChI=1S/C20H20F2N4O2/c1-2-28-20(27)17-10-24-26-4-3-16(9-19(17)26)25-11-14(22)8-18(25)12-5-13(21)7-15(23)6-12/h3-7,9-10,14,18H,2,8,11,23H2,1H3/t14-,18+/m0/s1. The van der Waals surface area contributed by atoms with E-state index in [-0.39, 0.29) is 25.6 Å². The number of benzene rings is 1. The Hall–Kier alpha value is -3.16. The van der Waals surface area contributed by atoms with Crippen LogP contribution in [0.2, 0.25) is 0 Å². The molecule has 1 fully saturated rings. The van der Waals surface area contributed by atoms with Crippen molar-refractivity contribution in [2.45, 2.75) is 25.6 Å². The van der Waals surface area contributed by atoms with Crippen LogP contribution in [0.1, 0.15) is 35.3 Å². The van der Waals surface area contributed by atoms with Crippen LogP contribution < -0.4 is 10.6 Å². The largest absolute Gasteiger partial charge is 0.462 e. The van der Waals surface area contributed by atoms with Gasteiger partial charge in [0.15, 0.2) is 0 Å². The number of aromatic nitrogens is 2. The van der Waals surface area contributed by atoms with Crippen LogP contribution >= 0.6 is 0 Å². The molecule has 1 aliphatic heterocycles. The predicted octanol–water partition coefficient (Wildman–Crippen LogP) is 3.52. The number of nitrogens with zero attached hydrogens (tertiary/aromatic N) is 3. The Morgan fingerprint density at radius 1 is 1.36 bits per heavy atom. The number of rotatable bonds is 4. The molecule has 0 radical (unpaired) electrons. The topological polar surface area (TPSA) is 72.9 Å². The van der Waals surface area contributed by atoms with Gasteiger partial charge in [0.2, 0.25) is 0 Å². The summed E-state index contributed by atoms with van der Waals surface area (Å²) < 4.78 is 34.8. The highest BCUT2D eigenvalue weighted by molar-refractivity contribution is 5.97. The smallest absolute Gasteiger partial charge is 0.341 e. The number of ether oxygens (including phenoxy) is 1. The van der Waals surface area contributed by atoms with Crippen LogP contribution in [0.4, 0.5) is 20.2 Å². The summed E-state index contributed by atoms with van der Waals surface area (Å²) in [5, 5.41) is 4.16. The second-order valence-electron chi connectivity index (χ2n) is 6.81. The zero-order valence-corrected chi connectivity index (χ0v) is 15.3. The quantitative estimate of drug-likeness (QED) is 0.549. The van der Waals surface area contributed by atoms with Crippen LogP contribution in [-0.4, -0.2) is 34.9 Å². The fourth-order valence-electron chi connectivity index (χ4n) is 3.73. The Kier molecular flexibility index (Phi) is 4.62. The number of halogens is 2. The first-order valence-corrected chi connectivity index (χ1v) is 9.07. The molecular weight excluding hydrogens is 366 g/mol. The number of carbonyl (C=O) groups excluding carboxylic acids is 1. The maximum Gasteiger partial charge on any atom is 0.341 e. The van der Waals surface area contributed by atoms with Crippen LogP contribution in [0.5, 0.6) is 0 Å². The van der Waals surface area contributed by atoms with Gasteiger partial charge in [-0.05, 0) is 42.8 Å². The lowest BCUT2D eigenvalue weighted by molar-refractivity contribution is 0.0528. The number of pyridine rings is 1. The zero-order chi connectivity index (χ0) is 19.8. The summed E-state index contributed by atoms with van der Waals surface area (Å²) in [7, 11) is 0. The first-order valence-electron chi connectivity index (χ1n) is 9.07. The Morgan fingerprint density at radius 2 is 2.18 bits per heavy atom. The summed E-state index contributed by atoms with van der Waals surface area (Å²) in [5.74, 6) is -0.915. The van der Waals surface area contributed by atoms with Crippen LogP contribution in [0.25, 0.3) is 5.52 Å². The molecule has 3 aromatic rings. The third-order valence-corrected chi connectivity index (χ3v) is 4.91. The summed E-state index contributed by atoms with van der Waals surface area (Å²) in [4.78, 5) is 14.0. The van der Waals surface area contributed by atoms with E-state index in [0.717, 1.165) is 0 Å². The van der Waals surface area contributed by atoms with Gasteiger partial charge in [-0.2, -0.15) is 5.10 Å². The average molecular weight is 386 g/mol. The van der Waals surface area contributed by atoms with Crippen LogP contribution in [0.3, 0.4) is 0 Å². The summed E-state index contributed by atoms with van der Waals surface area (Å²) in [6, 6.07) is 7.49. The van der Waals surface area contributed by atoms with Crippen molar-refractivity contribution in [1.29, 1.82) is 0 Å². The van der Waals surface area contributed by atoms with Crippen molar-refractivity contribution in [2.75, 3.05) is 23.8 Å². The number of fused-ring (bicyclic) bond motifs is 1. The summed E-state index contributed by atoms with van der Waals surface area (Å²) in [6.07, 6.45) is 2.33. The summed E-state index contributed by atoms with van der Waals surface area (Å²) in [5.41, 5.74) is 8.31. The van der Waals surface area contributed by atoms with Crippen molar-refractivity contribution >= 4 is 22.9 Å². The van der Waals surface area contributed by atoms with E-state index in [2.05, 4.69) is 5.10 Å². The number of alkyl halides is 1. The van der Waals surface area contributed by atoms with Gasteiger partial charge in [-0.15, -0.1) is 0 Å². The summed E-state index contributed by atoms with van der Waals surface area (Å²) >= 11 is 0. The van der Waals surface area contributed by atoms with Crippen LogP contribution in [-0.2, 0) is 4.74 Å². The van der Waals surface area contributed by atoms with Crippen LogP contribution in [0, 0.1) is 5.82 Å². The van der Waals surface area contributed by atoms with Gasteiger partial charge in [0.05, 0.1) is 24.4 Å². The van der Waals surface area contributed by atoms with Crippen LogP contribution in [0.15, 0.2) is 42.7 Å². The maximum atomic E-state index is 14.3. The minimum absolute atomic E-state index is 0.167. The molecule has 1 aromatic carbocycles. The number of hydrogen-bond acceptors (Lipinski definition) is 5. The van der Waals surface area contributed by atoms with E-state index in [0.29, 0.717) is 28.0 Å². The van der Waals surface area contributed by atoms with Crippen molar-refractivity contribution in [2.24, 2.45) is 0 Å². The third kappa shape index (κ3) is 3.26. The number of nitrogens with two attached hydrogens (primary N) is 1. The molecule has 1 aliphatic rings. The number of esters is 1. The molecule has 3 heterocycles. The van der Waals surface area contributed by atoms with Crippen molar-refractivity contribution in [3.05, 3.63) is 59.7 Å². The lowest BCUT2D eigenvalue weighted by atomic mass is 10.0. The van der Waals surface area contributed by atoms with E-state index in [4.69, 9.17) is 10.5 Å². The van der Waals surface area contributed by atoms with Gasteiger partial charge in [-0.25, -0.2) is 18.1 Å². The van der Waals surface area contributed by atoms with Gasteiger partial charge in [0, 0.05) is 30.5 Å². The Morgan fingerprint density at radius 3 is 2.93 bits per heavy atom. The third-order valence-electron chi connectivity index (χ3n) is 4.91. The van der Waals surface area contributed by atoms with E-state index in [1.165, 1.54) is 18.3 Å². The fraction of sp³-hybridized carbons (Fsp3) is 0.300. The lowest BCUT2D eigenvalue weighted by Crippen LogP contribution is -2.24. The molecule has 0 spiro atoms. The van der Waals surface area contributed by atoms with E-state index in [9.17, 15) is 13.6 Å². The molecule has 4 rings (SSSR count). The lowest BCUT2D eigenvalue weighted by Gasteiger charge is -2.27. The van der Waals surface area contributed by atoms with E-state index >= 15 is 0 Å². The molecule has 6 nitrogen and oxygen atoms in total. The molecule has 2 N–H and O–H groups in total. The predicted molar refractivity (Wildman–Crippen MR) is 102 cm³/mol. The normalized spacial score (nSPS) is 19.3. The zero-order valence-electron chi connectivity index (χ0n) is 15.3. The van der Waals surface area contributed by atoms with Gasteiger partial charge < -0.3 is 15.4 Å². The van der Waals surface area contributed by atoms with Gasteiger partial charge in [0.1, 0.15) is 17.6 Å². The van der Waals surface area contributed by atoms with Gasteiger partial charge in [-0.1, -0.05) is 0 Å². The second kappa shape index (κ2) is 7.10. The first kappa shape index (κ1) is 18.2. The SMILES string of the molecule is CCOC(=O)c1cnn2ccc(N3C[C@@H](F)C[C@@H]3c3cc(N)cc(F)c3)cc12. The minimum atomic E-state index is -1.06. The molecule has 0 saturated carbocycles. The highest BCUT2D eigenvalue weighted by Gasteiger charge is 2.34. The molecule has 0 aliphatic carbocycles. The number of anilines is 2. The minimum Gasteiger partial charge on any atom is -0.462 e. The van der Waals surface area contributed by atoms with Gasteiger partial charge >= 0.3 is 5.97 Å². The van der Waals surface area contributed by atoms with E-state index in [1.54, 1.807) is 35.8 Å².